The minimum atomic E-state index is 0.318. The van der Waals surface area contributed by atoms with Gasteiger partial charge in [-0.1, -0.05) is 12.8 Å². The van der Waals surface area contributed by atoms with Crippen molar-refractivity contribution >= 4 is 5.78 Å². The van der Waals surface area contributed by atoms with Crippen LogP contribution in [0.15, 0.2) is 0 Å². The van der Waals surface area contributed by atoms with Crippen LogP contribution in [0.1, 0.15) is 25.7 Å². The molecule has 0 spiro atoms. The predicted octanol–water partition coefficient (Wildman–Crippen LogP) is 0.651. The molecule has 3 nitrogen and oxygen atoms in total. The highest BCUT2D eigenvalue weighted by Gasteiger charge is 2.26. The van der Waals surface area contributed by atoms with Gasteiger partial charge in [-0.3, -0.25) is 9.69 Å². The molecule has 0 aromatic rings. The first-order valence-electron chi connectivity index (χ1n) is 5.82. The zero-order chi connectivity index (χ0) is 9.80. The minimum absolute atomic E-state index is 0.318. The third kappa shape index (κ3) is 2.55. The van der Waals surface area contributed by atoms with Crippen molar-refractivity contribution < 1.29 is 4.79 Å². The first-order chi connectivity index (χ1) is 6.86. The van der Waals surface area contributed by atoms with E-state index in [1.54, 1.807) is 0 Å². The molecule has 2 rings (SSSR count). The molecule has 2 fully saturated rings. The second-order valence-electron chi connectivity index (χ2n) is 4.51. The molecule has 0 atom stereocenters. The van der Waals surface area contributed by atoms with E-state index in [-0.39, 0.29) is 0 Å². The van der Waals surface area contributed by atoms with Crippen LogP contribution in [-0.2, 0) is 4.79 Å². The number of rotatable bonds is 3. The maximum absolute atomic E-state index is 11.7. The van der Waals surface area contributed by atoms with E-state index < -0.39 is 0 Å². The Hall–Kier alpha value is -0.410. The monoisotopic (exact) mass is 196 g/mol. The van der Waals surface area contributed by atoms with Gasteiger partial charge in [-0.15, -0.1) is 0 Å². The molecule has 0 amide bonds. The quantitative estimate of drug-likeness (QED) is 0.719. The number of carbonyl (C=O) groups is 1. The number of ketones is 1. The first kappa shape index (κ1) is 10.1. The van der Waals surface area contributed by atoms with Gasteiger partial charge in [0, 0.05) is 19.0 Å². The molecule has 2 aliphatic heterocycles. The van der Waals surface area contributed by atoms with Gasteiger partial charge in [0.1, 0.15) is 0 Å². The molecule has 2 heterocycles. The lowest BCUT2D eigenvalue weighted by atomic mass is 9.97. The minimum Gasteiger partial charge on any atom is -0.315 e. The Balaban J connectivity index is 1.74. The lowest BCUT2D eigenvalue weighted by Gasteiger charge is -2.28. The smallest absolute Gasteiger partial charge is 0.152 e. The lowest BCUT2D eigenvalue weighted by Crippen LogP contribution is -2.49. The number of hydrogen-bond donors (Lipinski definition) is 1. The van der Waals surface area contributed by atoms with Crippen molar-refractivity contribution in [3.8, 4) is 0 Å². The molecule has 1 N–H and O–H groups in total. The van der Waals surface area contributed by atoms with Gasteiger partial charge in [0.05, 0.1) is 6.54 Å². The molecule has 80 valence electrons. The third-order valence-corrected chi connectivity index (χ3v) is 3.31. The molecular weight excluding hydrogens is 176 g/mol. The summed E-state index contributed by atoms with van der Waals surface area (Å²) in [6, 6.07) is 0. The van der Waals surface area contributed by atoms with E-state index in [1.165, 1.54) is 25.7 Å². The summed E-state index contributed by atoms with van der Waals surface area (Å²) in [6.45, 7) is 4.78. The zero-order valence-corrected chi connectivity index (χ0v) is 8.80. The molecule has 2 saturated heterocycles. The van der Waals surface area contributed by atoms with Gasteiger partial charge < -0.3 is 5.32 Å². The van der Waals surface area contributed by atoms with Gasteiger partial charge in [-0.25, -0.2) is 0 Å². The highest BCUT2D eigenvalue weighted by Crippen LogP contribution is 2.11. The first-order valence-corrected chi connectivity index (χ1v) is 5.82. The summed E-state index contributed by atoms with van der Waals surface area (Å²) < 4.78 is 0. The largest absolute Gasteiger partial charge is 0.315 e. The Labute approximate surface area is 85.8 Å². The molecule has 0 radical (unpaired) electrons. The summed E-state index contributed by atoms with van der Waals surface area (Å²) >= 11 is 0. The lowest BCUT2D eigenvalue weighted by molar-refractivity contribution is -0.125. The van der Waals surface area contributed by atoms with E-state index in [0.717, 1.165) is 26.2 Å². The average molecular weight is 196 g/mol. The van der Waals surface area contributed by atoms with Crippen molar-refractivity contribution in [2.45, 2.75) is 25.7 Å². The van der Waals surface area contributed by atoms with E-state index in [4.69, 9.17) is 0 Å². The number of hydrogen-bond acceptors (Lipinski definition) is 3. The Bertz CT molecular complexity index is 193. The van der Waals surface area contributed by atoms with Crippen molar-refractivity contribution in [3.63, 3.8) is 0 Å². The molecular formula is C11H20N2O. The molecule has 0 bridgehead atoms. The van der Waals surface area contributed by atoms with E-state index in [1.807, 2.05) is 0 Å². The number of likely N-dealkylation sites (tertiary alicyclic amines) is 1. The number of Topliss-reactive ketones (excluding diaryl/α,β-unsaturated/α-hetero) is 1. The Morgan fingerprint density at radius 3 is 2.29 bits per heavy atom. The van der Waals surface area contributed by atoms with Gasteiger partial charge >= 0.3 is 0 Å². The van der Waals surface area contributed by atoms with Crippen LogP contribution < -0.4 is 5.32 Å². The van der Waals surface area contributed by atoms with Crippen LogP contribution in [0.25, 0.3) is 0 Å². The van der Waals surface area contributed by atoms with Crippen molar-refractivity contribution in [3.05, 3.63) is 0 Å². The van der Waals surface area contributed by atoms with Gasteiger partial charge in [0.2, 0.25) is 0 Å². The molecule has 0 unspecified atom stereocenters. The van der Waals surface area contributed by atoms with Crippen LogP contribution >= 0.6 is 0 Å². The SMILES string of the molecule is O=C(CN1CCCCCC1)C1CNC1. The second kappa shape index (κ2) is 4.89. The highest BCUT2D eigenvalue weighted by molar-refractivity contribution is 5.84. The Morgan fingerprint density at radius 1 is 1.14 bits per heavy atom. The topological polar surface area (TPSA) is 32.3 Å². The molecule has 0 aromatic carbocycles. The third-order valence-electron chi connectivity index (χ3n) is 3.31. The van der Waals surface area contributed by atoms with E-state index in [0.29, 0.717) is 18.2 Å². The van der Waals surface area contributed by atoms with Crippen LogP contribution in [0.4, 0.5) is 0 Å². The van der Waals surface area contributed by atoms with Crippen LogP contribution in [0.3, 0.4) is 0 Å². The maximum atomic E-state index is 11.7. The van der Waals surface area contributed by atoms with Crippen LogP contribution in [0, 0.1) is 5.92 Å². The van der Waals surface area contributed by atoms with Crippen LogP contribution in [0.5, 0.6) is 0 Å². The highest BCUT2D eigenvalue weighted by atomic mass is 16.1. The molecule has 3 heteroatoms. The van der Waals surface area contributed by atoms with Crippen molar-refractivity contribution in [2.75, 3.05) is 32.7 Å². The molecule has 0 saturated carbocycles. The molecule has 14 heavy (non-hydrogen) atoms. The van der Waals surface area contributed by atoms with E-state index in [2.05, 4.69) is 10.2 Å². The summed E-state index contributed by atoms with van der Waals surface area (Å²) in [4.78, 5) is 14.1. The average Bonchev–Trinajstić information content (AvgIpc) is 2.29. The van der Waals surface area contributed by atoms with Crippen molar-refractivity contribution in [2.24, 2.45) is 5.92 Å². The second-order valence-corrected chi connectivity index (χ2v) is 4.51. The van der Waals surface area contributed by atoms with E-state index in [9.17, 15) is 4.79 Å². The van der Waals surface area contributed by atoms with E-state index >= 15 is 0 Å². The fourth-order valence-corrected chi connectivity index (χ4v) is 2.16. The standard InChI is InChI=1S/C11H20N2O/c14-11(10-7-12-8-10)9-13-5-3-1-2-4-6-13/h10,12H,1-9H2. The van der Waals surface area contributed by atoms with Crippen LogP contribution in [-0.4, -0.2) is 43.4 Å². The van der Waals surface area contributed by atoms with Gasteiger partial charge in [-0.05, 0) is 25.9 Å². The summed E-state index contributed by atoms with van der Waals surface area (Å²) in [5.41, 5.74) is 0. The fourth-order valence-electron chi connectivity index (χ4n) is 2.16. The Kier molecular flexibility index (Phi) is 3.54. The maximum Gasteiger partial charge on any atom is 0.152 e. The van der Waals surface area contributed by atoms with Gasteiger partial charge in [0.25, 0.3) is 0 Å². The predicted molar refractivity (Wildman–Crippen MR) is 56.3 cm³/mol. The number of nitrogens with one attached hydrogen (secondary N) is 1. The summed E-state index contributed by atoms with van der Waals surface area (Å²) in [5, 5.41) is 3.15. The van der Waals surface area contributed by atoms with Gasteiger partial charge in [-0.2, -0.15) is 0 Å². The fraction of sp³-hybridized carbons (Fsp3) is 0.909. The number of nitrogens with zero attached hydrogens (tertiary/aromatic N) is 1. The normalized spacial score (nSPS) is 25.4. The Morgan fingerprint density at radius 2 is 1.79 bits per heavy atom. The number of carbonyl (C=O) groups excluding carboxylic acids is 1. The van der Waals surface area contributed by atoms with Crippen LogP contribution in [0.2, 0.25) is 0 Å². The summed E-state index contributed by atoms with van der Waals surface area (Å²) in [5.74, 6) is 0.768. The summed E-state index contributed by atoms with van der Waals surface area (Å²) in [6.07, 6.45) is 5.23. The molecule has 0 aromatic heterocycles. The zero-order valence-electron chi connectivity index (χ0n) is 8.80. The summed E-state index contributed by atoms with van der Waals surface area (Å²) in [7, 11) is 0. The van der Waals surface area contributed by atoms with Crippen molar-refractivity contribution in [1.29, 1.82) is 0 Å². The molecule has 0 aliphatic carbocycles. The molecule has 2 aliphatic rings. The van der Waals surface area contributed by atoms with Gasteiger partial charge in [0.15, 0.2) is 5.78 Å². The van der Waals surface area contributed by atoms with Crippen molar-refractivity contribution in [1.82, 2.24) is 10.2 Å².